The first-order valence-corrected chi connectivity index (χ1v) is 10.7. The summed E-state index contributed by atoms with van der Waals surface area (Å²) in [6, 6.07) is -2.78. The predicted molar refractivity (Wildman–Crippen MR) is 107 cm³/mol. The van der Waals surface area contributed by atoms with Gasteiger partial charge < -0.3 is 10.5 Å². The molecule has 2 fully saturated rings. The van der Waals surface area contributed by atoms with E-state index in [4.69, 9.17) is 10.5 Å². The standard InChI is InChI=1S/C20H24F6N4O4/c1-33-16-14-12(18(31)28-19(32)30(14)9-2-3-9)11(17(22)23)13(21)15(16)29-5-4-8(6-29)10(27)7-34-20(24,25)26/h8-10,15-17H,2-7,27H2,1H3,(H,28,31,32). The fourth-order valence-corrected chi connectivity index (χ4v) is 4.91. The number of aromatic nitrogens is 2. The summed E-state index contributed by atoms with van der Waals surface area (Å²) in [5.74, 6) is -1.81. The lowest BCUT2D eigenvalue weighted by molar-refractivity contribution is -0.326. The molecule has 0 bridgehead atoms. The maximum Gasteiger partial charge on any atom is 0.522 e. The lowest BCUT2D eigenvalue weighted by Crippen LogP contribution is -2.48. The maximum atomic E-state index is 15.6. The molecule has 2 heterocycles. The van der Waals surface area contributed by atoms with Gasteiger partial charge in [0.15, 0.2) is 0 Å². The zero-order valence-corrected chi connectivity index (χ0v) is 18.1. The lowest BCUT2D eigenvalue weighted by atomic mass is 9.87. The van der Waals surface area contributed by atoms with E-state index in [1.165, 1.54) is 16.6 Å². The van der Waals surface area contributed by atoms with Crippen molar-refractivity contribution in [2.75, 3.05) is 26.8 Å². The van der Waals surface area contributed by atoms with Crippen molar-refractivity contribution < 1.29 is 35.8 Å². The van der Waals surface area contributed by atoms with Gasteiger partial charge in [0, 0.05) is 25.7 Å². The van der Waals surface area contributed by atoms with Gasteiger partial charge in [0.25, 0.3) is 12.0 Å². The Labute approximate surface area is 189 Å². The Balaban J connectivity index is 1.72. The summed E-state index contributed by atoms with van der Waals surface area (Å²) in [5.41, 5.74) is 2.07. The van der Waals surface area contributed by atoms with Gasteiger partial charge in [-0.15, -0.1) is 13.2 Å². The first-order chi connectivity index (χ1) is 15.9. The molecule has 1 aromatic heterocycles. The van der Waals surface area contributed by atoms with Crippen molar-refractivity contribution in [2.24, 2.45) is 11.7 Å². The van der Waals surface area contributed by atoms with E-state index in [0.717, 1.165) is 0 Å². The number of methoxy groups -OCH3 is 1. The van der Waals surface area contributed by atoms with Gasteiger partial charge in [-0.25, -0.2) is 18.0 Å². The molecular formula is C20H24F6N4O4. The topological polar surface area (TPSA) is 103 Å². The van der Waals surface area contributed by atoms with E-state index in [0.29, 0.717) is 12.8 Å². The molecule has 4 atom stereocenters. The number of hydrogen-bond donors (Lipinski definition) is 2. The third-order valence-electron chi connectivity index (χ3n) is 6.60. The second-order valence-electron chi connectivity index (χ2n) is 8.75. The van der Waals surface area contributed by atoms with Gasteiger partial charge in [0.2, 0.25) is 0 Å². The molecule has 1 aliphatic heterocycles. The average Bonchev–Trinajstić information content (AvgIpc) is 3.46. The summed E-state index contributed by atoms with van der Waals surface area (Å²) < 4.78 is 91.3. The molecular weight excluding hydrogens is 474 g/mol. The number of rotatable bonds is 7. The number of fused-ring (bicyclic) bond motifs is 1. The number of nitrogens with zero attached hydrogens (tertiary/aromatic N) is 2. The van der Waals surface area contributed by atoms with E-state index >= 15 is 4.39 Å². The van der Waals surface area contributed by atoms with Crippen LogP contribution in [0, 0.1) is 5.92 Å². The van der Waals surface area contributed by atoms with Crippen molar-refractivity contribution in [2.45, 2.75) is 56.3 Å². The molecule has 8 nitrogen and oxygen atoms in total. The second-order valence-corrected chi connectivity index (χ2v) is 8.75. The Morgan fingerprint density at radius 2 is 1.88 bits per heavy atom. The number of H-pyrrole nitrogens is 1. The Kier molecular flexibility index (Phi) is 6.70. The SMILES string of the molecule is COC1c2c(c(=O)[nH]c(=O)n2C2CC2)C(C(F)F)=C(F)C1N1CCC(C(N)COC(F)(F)F)C1. The Bertz CT molecular complexity index is 1080. The molecule has 14 heteroatoms. The van der Waals surface area contributed by atoms with Crippen molar-refractivity contribution >= 4 is 5.57 Å². The van der Waals surface area contributed by atoms with Crippen molar-refractivity contribution in [3.63, 3.8) is 0 Å². The number of allylic oxidation sites excluding steroid dienone is 1. The number of hydrogen-bond acceptors (Lipinski definition) is 6. The second kappa shape index (κ2) is 9.13. The van der Waals surface area contributed by atoms with Crippen LogP contribution in [-0.2, 0) is 9.47 Å². The van der Waals surface area contributed by atoms with Crippen molar-refractivity contribution in [3.05, 3.63) is 37.9 Å². The minimum absolute atomic E-state index is 0.0109. The average molecular weight is 498 g/mol. The Hall–Kier alpha value is -2.16. The van der Waals surface area contributed by atoms with Crippen molar-refractivity contribution in [1.82, 2.24) is 14.5 Å². The minimum atomic E-state index is -4.86. The summed E-state index contributed by atoms with van der Waals surface area (Å²) in [6.07, 6.45) is -8.05. The monoisotopic (exact) mass is 498 g/mol. The normalized spacial score (nSPS) is 26.9. The molecule has 190 valence electrons. The largest absolute Gasteiger partial charge is 0.522 e. The third-order valence-corrected chi connectivity index (χ3v) is 6.60. The zero-order chi connectivity index (χ0) is 24.9. The minimum Gasteiger partial charge on any atom is -0.373 e. The van der Waals surface area contributed by atoms with Gasteiger partial charge in [0.05, 0.1) is 29.5 Å². The number of ether oxygens (including phenoxy) is 2. The van der Waals surface area contributed by atoms with Crippen LogP contribution in [-0.4, -0.2) is 66.1 Å². The van der Waals surface area contributed by atoms with Crippen LogP contribution < -0.4 is 17.0 Å². The molecule has 0 spiro atoms. The van der Waals surface area contributed by atoms with E-state index in [-0.39, 0.29) is 31.2 Å². The van der Waals surface area contributed by atoms with Crippen LogP contribution in [0.2, 0.25) is 0 Å². The number of halogens is 6. The number of aromatic amines is 1. The Morgan fingerprint density at radius 3 is 2.44 bits per heavy atom. The highest BCUT2D eigenvalue weighted by Gasteiger charge is 2.48. The van der Waals surface area contributed by atoms with E-state index in [1.54, 1.807) is 0 Å². The van der Waals surface area contributed by atoms with Crippen LogP contribution in [0.25, 0.3) is 5.57 Å². The van der Waals surface area contributed by atoms with E-state index in [1.807, 2.05) is 4.98 Å². The molecule has 1 saturated carbocycles. The molecule has 1 aromatic rings. The summed E-state index contributed by atoms with van der Waals surface area (Å²) >= 11 is 0. The number of likely N-dealkylation sites (tertiary alicyclic amines) is 1. The quantitative estimate of drug-likeness (QED) is 0.559. The van der Waals surface area contributed by atoms with Crippen molar-refractivity contribution in [1.29, 1.82) is 0 Å². The van der Waals surface area contributed by atoms with Gasteiger partial charge >= 0.3 is 12.1 Å². The molecule has 4 rings (SSSR count). The number of nitrogens with one attached hydrogen (secondary N) is 1. The molecule has 0 amide bonds. The maximum absolute atomic E-state index is 15.6. The first kappa shape index (κ1) is 24.9. The van der Waals surface area contributed by atoms with Crippen molar-refractivity contribution in [3.8, 4) is 0 Å². The first-order valence-electron chi connectivity index (χ1n) is 10.7. The van der Waals surface area contributed by atoms with Gasteiger partial charge in [-0.3, -0.25) is 24.0 Å². The van der Waals surface area contributed by atoms with Crippen LogP contribution >= 0.6 is 0 Å². The smallest absolute Gasteiger partial charge is 0.373 e. The molecule has 0 radical (unpaired) electrons. The molecule has 3 aliphatic rings. The summed E-state index contributed by atoms with van der Waals surface area (Å²) in [4.78, 5) is 28.5. The van der Waals surface area contributed by atoms with E-state index in [2.05, 4.69) is 4.74 Å². The summed E-state index contributed by atoms with van der Waals surface area (Å²) in [6.45, 7) is -0.686. The van der Waals surface area contributed by atoms with E-state index in [9.17, 15) is 31.5 Å². The van der Waals surface area contributed by atoms with Crippen LogP contribution in [0.15, 0.2) is 15.4 Å². The molecule has 2 aliphatic carbocycles. The lowest BCUT2D eigenvalue weighted by Gasteiger charge is -2.39. The molecule has 4 unspecified atom stereocenters. The van der Waals surface area contributed by atoms with Crippen LogP contribution in [0.3, 0.4) is 0 Å². The molecule has 34 heavy (non-hydrogen) atoms. The predicted octanol–water partition coefficient (Wildman–Crippen LogP) is 2.07. The van der Waals surface area contributed by atoms with Gasteiger partial charge in [-0.2, -0.15) is 0 Å². The third kappa shape index (κ3) is 4.55. The summed E-state index contributed by atoms with van der Waals surface area (Å²) in [5, 5.41) is 0. The number of alkyl halides is 5. The highest BCUT2D eigenvalue weighted by molar-refractivity contribution is 5.74. The van der Waals surface area contributed by atoms with Crippen LogP contribution in [0.1, 0.15) is 42.7 Å². The molecule has 1 saturated heterocycles. The van der Waals surface area contributed by atoms with Crippen LogP contribution in [0.4, 0.5) is 26.3 Å². The zero-order valence-electron chi connectivity index (χ0n) is 18.1. The Morgan fingerprint density at radius 1 is 1.21 bits per heavy atom. The highest BCUT2D eigenvalue weighted by Crippen LogP contribution is 2.46. The number of nitrogens with two attached hydrogens (primary N) is 1. The fraction of sp³-hybridized carbons (Fsp3) is 0.700. The van der Waals surface area contributed by atoms with E-state index < -0.39 is 71.7 Å². The van der Waals surface area contributed by atoms with Gasteiger partial charge in [-0.05, 0) is 31.7 Å². The molecule has 0 aromatic carbocycles. The van der Waals surface area contributed by atoms with Crippen LogP contribution in [0.5, 0.6) is 0 Å². The molecule has 3 N–H and O–H groups in total. The summed E-state index contributed by atoms with van der Waals surface area (Å²) in [7, 11) is 1.21. The highest BCUT2D eigenvalue weighted by atomic mass is 19.4. The van der Waals surface area contributed by atoms with Gasteiger partial charge in [0.1, 0.15) is 11.9 Å². The fourth-order valence-electron chi connectivity index (χ4n) is 4.91. The van der Waals surface area contributed by atoms with Gasteiger partial charge in [-0.1, -0.05) is 0 Å².